The molecule has 1 aliphatic heterocycles. The lowest BCUT2D eigenvalue weighted by Crippen LogP contribution is -2.41. The summed E-state index contributed by atoms with van der Waals surface area (Å²) in [5, 5.41) is 0. The molecule has 0 radical (unpaired) electrons. The van der Waals surface area contributed by atoms with E-state index in [1.54, 1.807) is 4.90 Å². The molecular formula is C13H18N2O. The van der Waals surface area contributed by atoms with Crippen molar-refractivity contribution in [1.82, 2.24) is 9.80 Å². The molecule has 1 unspecified atom stereocenters. The first-order valence-corrected chi connectivity index (χ1v) is 5.60. The summed E-state index contributed by atoms with van der Waals surface area (Å²) in [7, 11) is 5.64. The third-order valence-corrected chi connectivity index (χ3v) is 3.20. The monoisotopic (exact) mass is 218 g/mol. The maximum atomic E-state index is 12.2. The van der Waals surface area contributed by atoms with Crippen molar-refractivity contribution in [1.29, 1.82) is 0 Å². The van der Waals surface area contributed by atoms with Gasteiger partial charge in [0.05, 0.1) is 0 Å². The summed E-state index contributed by atoms with van der Waals surface area (Å²) < 4.78 is 0. The van der Waals surface area contributed by atoms with E-state index < -0.39 is 0 Å². The quantitative estimate of drug-likeness (QED) is 0.709. The van der Waals surface area contributed by atoms with Crippen LogP contribution in [0.25, 0.3) is 0 Å². The molecule has 1 aromatic carbocycles. The highest BCUT2D eigenvalue weighted by Gasteiger charge is 2.31. The predicted octanol–water partition coefficient (Wildman–Crippen LogP) is 1.30. The molecule has 0 bridgehead atoms. The first-order chi connectivity index (χ1) is 7.61. The summed E-state index contributed by atoms with van der Waals surface area (Å²) in [6.45, 7) is 0.946. The number of carbonyl (C=O) groups is 1. The molecule has 0 N–H and O–H groups in total. The van der Waals surface area contributed by atoms with Gasteiger partial charge in [-0.1, -0.05) is 24.3 Å². The maximum absolute atomic E-state index is 12.2. The van der Waals surface area contributed by atoms with E-state index in [1.807, 2.05) is 33.3 Å². The Balaban J connectivity index is 2.40. The van der Waals surface area contributed by atoms with Crippen LogP contribution in [-0.2, 0) is 11.2 Å². The summed E-state index contributed by atoms with van der Waals surface area (Å²) >= 11 is 0. The lowest BCUT2D eigenvalue weighted by atomic mass is 9.92. The van der Waals surface area contributed by atoms with Gasteiger partial charge in [0.1, 0.15) is 6.04 Å². The summed E-state index contributed by atoms with van der Waals surface area (Å²) in [6, 6.07) is 8.13. The first-order valence-electron chi connectivity index (χ1n) is 5.60. The highest BCUT2D eigenvalue weighted by molar-refractivity contribution is 5.83. The van der Waals surface area contributed by atoms with Gasteiger partial charge in [0.15, 0.2) is 0 Å². The van der Waals surface area contributed by atoms with Crippen molar-refractivity contribution in [3.63, 3.8) is 0 Å². The van der Waals surface area contributed by atoms with E-state index >= 15 is 0 Å². The molecule has 1 aromatic rings. The molecule has 3 nitrogen and oxygen atoms in total. The molecule has 2 rings (SSSR count). The summed E-state index contributed by atoms with van der Waals surface area (Å²) in [6.07, 6.45) is 1.03. The molecule has 1 heterocycles. The van der Waals surface area contributed by atoms with Crippen molar-refractivity contribution < 1.29 is 4.79 Å². The fraction of sp³-hybridized carbons (Fsp3) is 0.462. The van der Waals surface area contributed by atoms with E-state index in [0.717, 1.165) is 18.5 Å². The molecule has 1 atom stereocenters. The Morgan fingerprint density at radius 1 is 1.38 bits per heavy atom. The van der Waals surface area contributed by atoms with Crippen molar-refractivity contribution in [3.05, 3.63) is 35.4 Å². The molecular weight excluding hydrogens is 200 g/mol. The van der Waals surface area contributed by atoms with Gasteiger partial charge in [0.25, 0.3) is 0 Å². The lowest BCUT2D eigenvalue weighted by Gasteiger charge is -2.34. The van der Waals surface area contributed by atoms with E-state index in [0.29, 0.717) is 0 Å². The molecule has 16 heavy (non-hydrogen) atoms. The minimum Gasteiger partial charge on any atom is -0.347 e. The van der Waals surface area contributed by atoms with E-state index in [4.69, 9.17) is 0 Å². The maximum Gasteiger partial charge on any atom is 0.244 e. The average Bonchev–Trinajstić information content (AvgIpc) is 2.28. The SMILES string of the molecule is CN(C)C(=O)C1c2ccccc2CCN1C. The highest BCUT2D eigenvalue weighted by Crippen LogP contribution is 2.29. The van der Waals surface area contributed by atoms with Crippen LogP contribution in [0.4, 0.5) is 0 Å². The number of hydrogen-bond acceptors (Lipinski definition) is 2. The van der Waals surface area contributed by atoms with Gasteiger partial charge in [-0.15, -0.1) is 0 Å². The Bertz CT molecular complexity index is 401. The zero-order valence-electron chi connectivity index (χ0n) is 10.1. The second kappa shape index (κ2) is 4.26. The van der Waals surface area contributed by atoms with Crippen LogP contribution >= 0.6 is 0 Å². The third-order valence-electron chi connectivity index (χ3n) is 3.20. The minimum absolute atomic E-state index is 0.111. The predicted molar refractivity (Wildman–Crippen MR) is 64.2 cm³/mol. The number of nitrogens with zero attached hydrogens (tertiary/aromatic N) is 2. The highest BCUT2D eigenvalue weighted by atomic mass is 16.2. The standard InChI is InChI=1S/C13H18N2O/c1-14(2)13(16)12-11-7-5-4-6-10(11)8-9-15(12)3/h4-7,12H,8-9H2,1-3H3. The number of carbonyl (C=O) groups excluding carboxylic acids is 1. The van der Waals surface area contributed by atoms with Gasteiger partial charge < -0.3 is 4.90 Å². The number of rotatable bonds is 1. The summed E-state index contributed by atoms with van der Waals surface area (Å²) in [5.41, 5.74) is 2.47. The van der Waals surface area contributed by atoms with E-state index in [2.05, 4.69) is 17.0 Å². The molecule has 0 spiro atoms. The first kappa shape index (κ1) is 11.1. The molecule has 86 valence electrons. The van der Waals surface area contributed by atoms with Crippen molar-refractivity contribution in [2.45, 2.75) is 12.5 Å². The average molecular weight is 218 g/mol. The summed E-state index contributed by atoms with van der Waals surface area (Å²) in [5.74, 6) is 0.162. The fourth-order valence-electron chi connectivity index (χ4n) is 2.26. The molecule has 0 saturated heterocycles. The number of amides is 1. The molecule has 1 amide bonds. The van der Waals surface area contributed by atoms with Gasteiger partial charge in [0, 0.05) is 20.6 Å². The number of fused-ring (bicyclic) bond motifs is 1. The molecule has 1 aliphatic rings. The number of likely N-dealkylation sites (N-methyl/N-ethyl adjacent to an activating group) is 2. The molecule has 0 fully saturated rings. The van der Waals surface area contributed by atoms with Gasteiger partial charge >= 0.3 is 0 Å². The molecule has 0 aliphatic carbocycles. The van der Waals surface area contributed by atoms with Crippen LogP contribution in [0.5, 0.6) is 0 Å². The molecule has 3 heteroatoms. The van der Waals surface area contributed by atoms with Crippen LogP contribution in [0, 0.1) is 0 Å². The topological polar surface area (TPSA) is 23.6 Å². The van der Waals surface area contributed by atoms with Crippen molar-refractivity contribution >= 4 is 5.91 Å². The zero-order valence-corrected chi connectivity index (χ0v) is 10.1. The second-order valence-corrected chi connectivity index (χ2v) is 4.56. The van der Waals surface area contributed by atoms with E-state index in [-0.39, 0.29) is 11.9 Å². The normalized spacial score (nSPS) is 20.3. The Labute approximate surface area is 96.7 Å². The van der Waals surface area contributed by atoms with Crippen LogP contribution in [0.2, 0.25) is 0 Å². The largest absolute Gasteiger partial charge is 0.347 e. The number of benzene rings is 1. The van der Waals surface area contributed by atoms with Crippen LogP contribution in [-0.4, -0.2) is 43.4 Å². The van der Waals surface area contributed by atoms with Crippen molar-refractivity contribution in [2.75, 3.05) is 27.7 Å². The molecule has 0 aromatic heterocycles. The number of hydrogen-bond donors (Lipinski definition) is 0. The van der Waals surface area contributed by atoms with Crippen LogP contribution in [0.3, 0.4) is 0 Å². The zero-order chi connectivity index (χ0) is 11.7. The van der Waals surface area contributed by atoms with E-state index in [9.17, 15) is 4.79 Å². The van der Waals surface area contributed by atoms with Crippen molar-refractivity contribution in [2.24, 2.45) is 0 Å². The Morgan fingerprint density at radius 2 is 2.06 bits per heavy atom. The van der Waals surface area contributed by atoms with Crippen LogP contribution in [0.15, 0.2) is 24.3 Å². The fourth-order valence-corrected chi connectivity index (χ4v) is 2.26. The Morgan fingerprint density at radius 3 is 2.75 bits per heavy atom. The van der Waals surface area contributed by atoms with Gasteiger partial charge in [0.2, 0.25) is 5.91 Å². The van der Waals surface area contributed by atoms with Crippen molar-refractivity contribution in [3.8, 4) is 0 Å². The molecule has 0 saturated carbocycles. The van der Waals surface area contributed by atoms with Crippen LogP contribution < -0.4 is 0 Å². The van der Waals surface area contributed by atoms with Gasteiger partial charge in [-0.3, -0.25) is 9.69 Å². The Hall–Kier alpha value is -1.35. The van der Waals surface area contributed by atoms with E-state index in [1.165, 1.54) is 5.56 Å². The lowest BCUT2D eigenvalue weighted by molar-refractivity contribution is -0.134. The van der Waals surface area contributed by atoms with Crippen LogP contribution in [0.1, 0.15) is 17.2 Å². The smallest absolute Gasteiger partial charge is 0.244 e. The minimum atomic E-state index is -0.111. The third kappa shape index (κ3) is 1.83. The van der Waals surface area contributed by atoms with Gasteiger partial charge in [-0.05, 0) is 24.6 Å². The summed E-state index contributed by atoms with van der Waals surface area (Å²) in [4.78, 5) is 16.0. The van der Waals surface area contributed by atoms with Gasteiger partial charge in [-0.25, -0.2) is 0 Å². The Kier molecular flexibility index (Phi) is 2.97. The second-order valence-electron chi connectivity index (χ2n) is 4.56. The van der Waals surface area contributed by atoms with Gasteiger partial charge in [-0.2, -0.15) is 0 Å².